The average Bonchev–Trinajstić information content (AvgIpc) is 2.81. The maximum absolute atomic E-state index is 6.22. The molecule has 0 N–H and O–H groups in total. The molecule has 102 valence electrons. The summed E-state index contributed by atoms with van der Waals surface area (Å²) in [5, 5.41) is 3.59. The summed E-state index contributed by atoms with van der Waals surface area (Å²) in [4.78, 5) is 12.5. The molecule has 0 aliphatic carbocycles. The number of aromatic nitrogens is 2. The maximum atomic E-state index is 6.22. The van der Waals surface area contributed by atoms with Gasteiger partial charge in [-0.05, 0) is 37.4 Å². The number of thiophene rings is 1. The molecular weight excluding hydrogens is 278 g/mol. The molecule has 0 unspecified atom stereocenters. The van der Waals surface area contributed by atoms with Gasteiger partial charge in [0.15, 0.2) is 0 Å². The van der Waals surface area contributed by atoms with E-state index < -0.39 is 0 Å². The van der Waals surface area contributed by atoms with Crippen LogP contribution in [-0.4, -0.2) is 28.0 Å². The van der Waals surface area contributed by atoms with E-state index in [1.807, 2.05) is 11.4 Å². The summed E-state index contributed by atoms with van der Waals surface area (Å²) in [7, 11) is 0. The van der Waals surface area contributed by atoms with Crippen molar-refractivity contribution in [3.63, 3.8) is 0 Å². The molecule has 1 aliphatic rings. The van der Waals surface area contributed by atoms with Gasteiger partial charge in [0.2, 0.25) is 0 Å². The van der Waals surface area contributed by atoms with Gasteiger partial charge in [0.05, 0.1) is 6.54 Å². The summed E-state index contributed by atoms with van der Waals surface area (Å²) < 4.78 is 0. The van der Waals surface area contributed by atoms with Crippen molar-refractivity contribution < 1.29 is 0 Å². The Labute approximate surface area is 122 Å². The molecule has 3 heterocycles. The van der Waals surface area contributed by atoms with Crippen LogP contribution in [0.2, 0.25) is 5.15 Å². The Morgan fingerprint density at radius 2 is 1.84 bits per heavy atom. The molecule has 0 saturated carbocycles. The van der Waals surface area contributed by atoms with Gasteiger partial charge in [0.1, 0.15) is 15.8 Å². The molecule has 2 aromatic heterocycles. The summed E-state index contributed by atoms with van der Waals surface area (Å²) in [6, 6.07) is 1.99. The molecule has 1 aliphatic heterocycles. The lowest BCUT2D eigenvalue weighted by Gasteiger charge is -2.23. The van der Waals surface area contributed by atoms with Crippen LogP contribution in [0.5, 0.6) is 0 Å². The second kappa shape index (κ2) is 6.16. The van der Waals surface area contributed by atoms with E-state index in [1.165, 1.54) is 32.1 Å². The van der Waals surface area contributed by atoms with Gasteiger partial charge in [-0.25, -0.2) is 9.97 Å². The highest BCUT2D eigenvalue weighted by atomic mass is 35.5. The van der Waals surface area contributed by atoms with Crippen LogP contribution < -0.4 is 0 Å². The zero-order valence-corrected chi connectivity index (χ0v) is 12.5. The topological polar surface area (TPSA) is 29.0 Å². The molecule has 3 rings (SSSR count). The summed E-state index contributed by atoms with van der Waals surface area (Å²) >= 11 is 7.85. The fourth-order valence-electron chi connectivity index (χ4n) is 2.60. The predicted octanol–water partition coefficient (Wildman–Crippen LogP) is 4.11. The number of rotatable bonds is 2. The van der Waals surface area contributed by atoms with E-state index in [9.17, 15) is 0 Å². The first-order valence-electron chi connectivity index (χ1n) is 6.95. The van der Waals surface area contributed by atoms with Gasteiger partial charge >= 0.3 is 0 Å². The van der Waals surface area contributed by atoms with Crippen molar-refractivity contribution in [3.8, 4) is 0 Å². The molecule has 0 atom stereocenters. The molecule has 0 spiro atoms. The van der Waals surface area contributed by atoms with Crippen molar-refractivity contribution in [1.29, 1.82) is 0 Å². The van der Waals surface area contributed by atoms with E-state index >= 15 is 0 Å². The molecule has 1 saturated heterocycles. The molecule has 3 nitrogen and oxygen atoms in total. The number of likely N-dealkylation sites (tertiary alicyclic amines) is 1. The first kappa shape index (κ1) is 13.3. The van der Waals surface area contributed by atoms with Gasteiger partial charge in [-0.1, -0.05) is 30.9 Å². The van der Waals surface area contributed by atoms with Crippen molar-refractivity contribution in [3.05, 3.63) is 22.4 Å². The van der Waals surface area contributed by atoms with Crippen molar-refractivity contribution in [2.24, 2.45) is 0 Å². The van der Waals surface area contributed by atoms with Gasteiger partial charge in [0, 0.05) is 5.39 Å². The zero-order chi connectivity index (χ0) is 13.1. The van der Waals surface area contributed by atoms with Gasteiger partial charge < -0.3 is 0 Å². The van der Waals surface area contributed by atoms with E-state index in [-0.39, 0.29) is 0 Å². The molecule has 0 aromatic carbocycles. The quantitative estimate of drug-likeness (QED) is 0.781. The second-order valence-electron chi connectivity index (χ2n) is 5.11. The molecule has 1 fully saturated rings. The number of fused-ring (bicyclic) bond motifs is 1. The fraction of sp³-hybridized carbons (Fsp3) is 0.571. The Morgan fingerprint density at radius 3 is 2.63 bits per heavy atom. The Balaban J connectivity index is 1.75. The third-order valence-electron chi connectivity index (χ3n) is 3.64. The SMILES string of the molecule is Clc1nc(CN2CCCCCCC2)nc2sccc12. The molecule has 0 amide bonds. The van der Waals surface area contributed by atoms with Crippen LogP contribution in [0.1, 0.15) is 37.9 Å². The van der Waals surface area contributed by atoms with Crippen LogP contribution in [0, 0.1) is 0 Å². The van der Waals surface area contributed by atoms with Crippen molar-refractivity contribution in [2.75, 3.05) is 13.1 Å². The average molecular weight is 296 g/mol. The van der Waals surface area contributed by atoms with E-state index in [4.69, 9.17) is 11.6 Å². The molecule has 2 aromatic rings. The van der Waals surface area contributed by atoms with E-state index in [2.05, 4.69) is 14.9 Å². The van der Waals surface area contributed by atoms with Gasteiger partial charge in [0.25, 0.3) is 0 Å². The normalized spacial score (nSPS) is 18.4. The standard InChI is InChI=1S/C14H18ClN3S/c15-13-11-6-9-19-14(11)17-12(16-13)10-18-7-4-2-1-3-5-8-18/h6,9H,1-5,7-8,10H2. The smallest absolute Gasteiger partial charge is 0.145 e. The Kier molecular flexibility index (Phi) is 4.31. The summed E-state index contributed by atoms with van der Waals surface area (Å²) in [5.74, 6) is 0.862. The monoisotopic (exact) mass is 295 g/mol. The number of halogens is 1. The number of hydrogen-bond acceptors (Lipinski definition) is 4. The third kappa shape index (κ3) is 3.25. The van der Waals surface area contributed by atoms with Gasteiger partial charge in [-0.3, -0.25) is 4.90 Å². The molecular formula is C14H18ClN3S. The first-order valence-corrected chi connectivity index (χ1v) is 8.21. The second-order valence-corrected chi connectivity index (χ2v) is 6.37. The lowest BCUT2D eigenvalue weighted by Crippen LogP contribution is -2.27. The van der Waals surface area contributed by atoms with Gasteiger partial charge in [-0.2, -0.15) is 0 Å². The van der Waals surface area contributed by atoms with Crippen molar-refractivity contribution >= 4 is 33.2 Å². The molecule has 19 heavy (non-hydrogen) atoms. The zero-order valence-electron chi connectivity index (χ0n) is 10.9. The molecule has 0 radical (unpaired) electrons. The minimum atomic E-state index is 0.591. The van der Waals surface area contributed by atoms with Crippen LogP contribution in [-0.2, 0) is 6.54 Å². The largest absolute Gasteiger partial charge is 0.296 e. The Morgan fingerprint density at radius 1 is 1.11 bits per heavy atom. The van der Waals surface area contributed by atoms with Crippen LogP contribution in [0.15, 0.2) is 11.4 Å². The van der Waals surface area contributed by atoms with Crippen molar-refractivity contribution in [1.82, 2.24) is 14.9 Å². The van der Waals surface area contributed by atoms with E-state index in [0.29, 0.717) is 5.15 Å². The van der Waals surface area contributed by atoms with Crippen LogP contribution in [0.4, 0.5) is 0 Å². The number of hydrogen-bond donors (Lipinski definition) is 0. The molecule has 5 heteroatoms. The number of nitrogens with zero attached hydrogens (tertiary/aromatic N) is 3. The lowest BCUT2D eigenvalue weighted by molar-refractivity contribution is 0.235. The van der Waals surface area contributed by atoms with Gasteiger partial charge in [-0.15, -0.1) is 11.3 Å². The minimum absolute atomic E-state index is 0.591. The summed E-state index contributed by atoms with van der Waals surface area (Å²) in [6.45, 7) is 3.14. The Bertz CT molecular complexity index is 547. The van der Waals surface area contributed by atoms with Crippen molar-refractivity contribution in [2.45, 2.75) is 38.6 Å². The Hall–Kier alpha value is -0.710. The predicted molar refractivity (Wildman–Crippen MR) is 80.8 cm³/mol. The first-order chi connectivity index (χ1) is 9.33. The fourth-order valence-corrected chi connectivity index (χ4v) is 3.69. The highest BCUT2D eigenvalue weighted by Gasteiger charge is 2.12. The van der Waals surface area contributed by atoms with Crippen LogP contribution >= 0.6 is 22.9 Å². The maximum Gasteiger partial charge on any atom is 0.145 e. The summed E-state index contributed by atoms with van der Waals surface area (Å²) in [6.07, 6.45) is 6.66. The minimum Gasteiger partial charge on any atom is -0.296 e. The van der Waals surface area contributed by atoms with Crippen LogP contribution in [0.3, 0.4) is 0 Å². The van der Waals surface area contributed by atoms with E-state index in [0.717, 1.165) is 35.7 Å². The third-order valence-corrected chi connectivity index (χ3v) is 4.73. The highest BCUT2D eigenvalue weighted by molar-refractivity contribution is 7.16. The molecule has 0 bridgehead atoms. The van der Waals surface area contributed by atoms with E-state index in [1.54, 1.807) is 11.3 Å². The highest BCUT2D eigenvalue weighted by Crippen LogP contribution is 2.25. The lowest BCUT2D eigenvalue weighted by atomic mass is 10.1. The summed E-state index contributed by atoms with van der Waals surface area (Å²) in [5.41, 5.74) is 0. The van der Waals surface area contributed by atoms with Crippen LogP contribution in [0.25, 0.3) is 10.2 Å².